The van der Waals surface area contributed by atoms with Crippen LogP contribution in [0.4, 0.5) is 10.5 Å². The molecule has 192 valence electrons. The molecule has 5 rings (SSSR count). The molecule has 2 aliphatic heterocycles. The number of fused-ring (bicyclic) bond motifs is 1. The summed E-state index contributed by atoms with van der Waals surface area (Å²) in [6, 6.07) is 8.86. The van der Waals surface area contributed by atoms with Crippen LogP contribution in [0.1, 0.15) is 13.3 Å². The van der Waals surface area contributed by atoms with Crippen LogP contribution in [0.2, 0.25) is 0 Å². The van der Waals surface area contributed by atoms with Crippen molar-refractivity contribution >= 4 is 45.5 Å². The summed E-state index contributed by atoms with van der Waals surface area (Å²) < 4.78 is 0.940. The lowest BCUT2D eigenvalue weighted by molar-refractivity contribution is -0.172. The Bertz CT molecular complexity index is 1380. The Hall–Kier alpha value is -3.87. The number of anilines is 1. The van der Waals surface area contributed by atoms with Gasteiger partial charge in [0.05, 0.1) is 27.3 Å². The summed E-state index contributed by atoms with van der Waals surface area (Å²) in [6.07, 6.45) is 6.57. The summed E-state index contributed by atoms with van der Waals surface area (Å²) in [7, 11) is 0. The Morgan fingerprint density at radius 1 is 1.30 bits per heavy atom. The molecule has 12 heteroatoms. The van der Waals surface area contributed by atoms with Gasteiger partial charge in [-0.1, -0.05) is 6.07 Å². The molecule has 1 saturated heterocycles. The maximum absolute atomic E-state index is 13.0. The van der Waals surface area contributed by atoms with Gasteiger partial charge in [0.2, 0.25) is 5.79 Å². The molecule has 3 atom stereocenters. The third kappa shape index (κ3) is 4.32. The van der Waals surface area contributed by atoms with E-state index in [1.54, 1.807) is 35.8 Å². The first-order valence-electron chi connectivity index (χ1n) is 11.9. The van der Waals surface area contributed by atoms with Gasteiger partial charge >= 0.3 is 12.0 Å². The zero-order valence-electron chi connectivity index (χ0n) is 20.1. The minimum Gasteiger partial charge on any atom is -0.479 e. The van der Waals surface area contributed by atoms with E-state index < -0.39 is 29.3 Å². The largest absolute Gasteiger partial charge is 0.479 e. The second-order valence-corrected chi connectivity index (χ2v) is 9.70. The number of carbonyl (C=O) groups excluding carboxylic acids is 1. The lowest BCUT2D eigenvalue weighted by Gasteiger charge is -2.52. The zero-order valence-corrected chi connectivity index (χ0v) is 20.9. The highest BCUT2D eigenvalue weighted by atomic mass is 32.1. The fourth-order valence-corrected chi connectivity index (χ4v) is 5.75. The number of aliphatic hydroxyl groups is 1. The van der Waals surface area contributed by atoms with Gasteiger partial charge in [-0.3, -0.25) is 10.3 Å². The van der Waals surface area contributed by atoms with E-state index in [9.17, 15) is 19.8 Å². The molecule has 0 radical (unpaired) electrons. The molecule has 0 saturated carbocycles. The molecule has 0 aliphatic carbocycles. The lowest BCUT2D eigenvalue weighted by atomic mass is 9.76. The van der Waals surface area contributed by atoms with Crippen molar-refractivity contribution in [3.8, 4) is 11.3 Å². The molecule has 0 bridgehead atoms. The molecule has 4 heterocycles. The van der Waals surface area contributed by atoms with E-state index >= 15 is 0 Å². The lowest BCUT2D eigenvalue weighted by Crippen LogP contribution is -2.74. The number of hydrogen-bond donors (Lipinski definition) is 5. The van der Waals surface area contributed by atoms with E-state index in [-0.39, 0.29) is 13.0 Å². The summed E-state index contributed by atoms with van der Waals surface area (Å²) >= 11 is 1.49. The van der Waals surface area contributed by atoms with Crippen LogP contribution in [0.3, 0.4) is 0 Å². The summed E-state index contributed by atoms with van der Waals surface area (Å²) in [6.45, 7) is 2.54. The van der Waals surface area contributed by atoms with Crippen LogP contribution in [0.15, 0.2) is 59.3 Å². The molecular formula is C25H27N7O4S. The summed E-state index contributed by atoms with van der Waals surface area (Å²) in [5.41, 5.74) is 2.49. The number of piperidine rings is 1. The van der Waals surface area contributed by atoms with Crippen molar-refractivity contribution in [3.63, 3.8) is 0 Å². The number of pyridine rings is 1. The molecule has 3 unspecified atom stereocenters. The highest BCUT2D eigenvalue weighted by Gasteiger charge is 2.59. The topological polar surface area (TPSA) is 152 Å². The number of aromatic nitrogens is 2. The van der Waals surface area contributed by atoms with Crippen LogP contribution in [0, 0.1) is 5.92 Å². The van der Waals surface area contributed by atoms with Crippen molar-refractivity contribution in [2.45, 2.75) is 24.7 Å². The number of aliphatic imine (C=N–C) groups is 1. The van der Waals surface area contributed by atoms with E-state index in [1.807, 2.05) is 30.3 Å². The van der Waals surface area contributed by atoms with Crippen molar-refractivity contribution in [3.05, 3.63) is 54.3 Å². The zero-order chi connectivity index (χ0) is 26.0. The Labute approximate surface area is 217 Å². The van der Waals surface area contributed by atoms with Gasteiger partial charge in [-0.25, -0.2) is 19.6 Å². The Morgan fingerprint density at radius 3 is 2.92 bits per heavy atom. The van der Waals surface area contributed by atoms with Gasteiger partial charge < -0.3 is 25.7 Å². The van der Waals surface area contributed by atoms with Crippen LogP contribution in [0.5, 0.6) is 0 Å². The predicted octanol–water partition coefficient (Wildman–Crippen LogP) is 2.16. The number of hydrogen-bond acceptors (Lipinski definition) is 9. The van der Waals surface area contributed by atoms with Crippen LogP contribution < -0.4 is 20.9 Å². The number of thiazole rings is 1. The molecule has 2 aliphatic rings. The van der Waals surface area contributed by atoms with Crippen molar-refractivity contribution in [2.24, 2.45) is 10.9 Å². The van der Waals surface area contributed by atoms with Crippen LogP contribution in [-0.2, 0) is 4.79 Å². The fourth-order valence-electron chi connectivity index (χ4n) is 4.95. The number of nitrogens with zero attached hydrogens (tertiary/aromatic N) is 4. The summed E-state index contributed by atoms with van der Waals surface area (Å²) in [5, 5.41) is 30.3. The monoisotopic (exact) mass is 521 g/mol. The van der Waals surface area contributed by atoms with Crippen LogP contribution in [0.25, 0.3) is 21.5 Å². The smallest absolute Gasteiger partial charge is 0.336 e. The number of nitrogens with one attached hydrogen (secondary N) is 3. The molecule has 3 aromatic rings. The number of benzene rings is 1. The molecule has 1 fully saturated rings. The van der Waals surface area contributed by atoms with Crippen molar-refractivity contribution in [1.82, 2.24) is 25.9 Å². The number of carbonyl (C=O) groups is 2. The predicted molar refractivity (Wildman–Crippen MR) is 141 cm³/mol. The van der Waals surface area contributed by atoms with Gasteiger partial charge in [0.25, 0.3) is 0 Å². The van der Waals surface area contributed by atoms with E-state index in [2.05, 4.69) is 30.9 Å². The molecule has 5 N–H and O–H groups in total. The van der Waals surface area contributed by atoms with Crippen molar-refractivity contribution in [1.29, 1.82) is 0 Å². The molecule has 37 heavy (non-hydrogen) atoms. The molecule has 0 spiro atoms. The van der Waals surface area contributed by atoms with Crippen LogP contribution in [-0.4, -0.2) is 69.4 Å². The molecule has 11 nitrogen and oxygen atoms in total. The third-order valence-electron chi connectivity index (χ3n) is 6.69. The molecule has 2 amide bonds. The normalized spacial score (nSPS) is 25.2. The van der Waals surface area contributed by atoms with E-state index in [1.165, 1.54) is 17.6 Å². The first-order chi connectivity index (χ1) is 17.9. The first-order valence-corrected chi connectivity index (χ1v) is 12.8. The SMILES string of the molecule is CCNC(=O)NC1(C2CNCCC2(O)C(=O)O)N=CC=CN1c1cc(-c2ccccn2)c2scnc2c1. The maximum Gasteiger partial charge on any atom is 0.336 e. The van der Waals surface area contributed by atoms with Crippen LogP contribution >= 0.6 is 11.3 Å². The number of aliphatic carboxylic acids is 1. The van der Waals surface area contributed by atoms with Gasteiger partial charge in [0.1, 0.15) is 0 Å². The van der Waals surface area contributed by atoms with Crippen molar-refractivity contribution in [2.75, 3.05) is 24.5 Å². The number of carboxylic acids is 1. The third-order valence-corrected chi connectivity index (χ3v) is 7.57. The minimum atomic E-state index is -2.15. The maximum atomic E-state index is 13.0. The summed E-state index contributed by atoms with van der Waals surface area (Å²) in [5.74, 6) is -4.09. The molecular weight excluding hydrogens is 494 g/mol. The fraction of sp³-hybridized carbons (Fsp3) is 0.320. The minimum absolute atomic E-state index is 0.0524. The van der Waals surface area contributed by atoms with Gasteiger partial charge in [-0.05, 0) is 50.2 Å². The second kappa shape index (κ2) is 9.88. The number of amides is 2. The molecule has 1 aromatic carbocycles. The van der Waals surface area contributed by atoms with Gasteiger partial charge in [0, 0.05) is 43.0 Å². The van der Waals surface area contributed by atoms with Gasteiger partial charge in [-0.15, -0.1) is 11.3 Å². The second-order valence-electron chi connectivity index (χ2n) is 8.85. The number of carboxylic acid groups (broad SMARTS) is 1. The quantitative estimate of drug-likeness (QED) is 0.331. The Kier molecular flexibility index (Phi) is 6.63. The average molecular weight is 522 g/mol. The van der Waals surface area contributed by atoms with E-state index in [0.29, 0.717) is 24.3 Å². The highest BCUT2D eigenvalue weighted by Crippen LogP contribution is 2.43. The first kappa shape index (κ1) is 24.8. The van der Waals surface area contributed by atoms with E-state index in [0.717, 1.165) is 16.0 Å². The van der Waals surface area contributed by atoms with Crippen molar-refractivity contribution < 1.29 is 19.8 Å². The number of urea groups is 1. The van der Waals surface area contributed by atoms with Gasteiger partial charge in [0.15, 0.2) is 5.60 Å². The highest BCUT2D eigenvalue weighted by molar-refractivity contribution is 7.17. The van der Waals surface area contributed by atoms with E-state index in [4.69, 9.17) is 0 Å². The van der Waals surface area contributed by atoms with Gasteiger partial charge in [-0.2, -0.15) is 0 Å². The number of allylic oxidation sites excluding steroid dienone is 1. The standard InChI is InChI=1S/C25H27N7O4S/c1-2-27-23(35)31-25(20-14-26-10-7-24(20,36)22(33)34)30-9-5-11-32(25)16-12-17(18-6-3-4-8-28-18)21-19(13-16)29-15-37-21/h3-6,8-9,11-13,15,20,26,36H,2,7,10,14H2,1H3,(H,33,34)(H2,27,31,35). The average Bonchev–Trinajstić information content (AvgIpc) is 3.38. The Morgan fingerprint density at radius 2 is 2.16 bits per heavy atom. The molecule has 2 aromatic heterocycles. The Balaban J connectivity index is 1.71. The number of rotatable bonds is 6. The summed E-state index contributed by atoms with van der Waals surface area (Å²) in [4.78, 5) is 40.7.